The largest absolute Gasteiger partial charge is 0.392 e. The molecule has 1 aromatic rings. The van der Waals surface area contributed by atoms with Gasteiger partial charge in [-0.05, 0) is 48.8 Å². The number of hydrogen-bond acceptors (Lipinski definition) is 2. The highest BCUT2D eigenvalue weighted by atomic mass is 19.1. The molecule has 1 heterocycles. The molecule has 1 aliphatic heterocycles. The molecule has 3 heteroatoms. The van der Waals surface area contributed by atoms with Crippen molar-refractivity contribution in [1.82, 2.24) is 0 Å². The van der Waals surface area contributed by atoms with E-state index in [0.717, 1.165) is 13.1 Å². The fourth-order valence-electron chi connectivity index (χ4n) is 3.75. The SMILES string of the molecule is OCc1ccc(N2CCC3(CCCC3)CC2)c(F)c1. The minimum Gasteiger partial charge on any atom is -0.392 e. The number of nitrogens with zero attached hydrogens (tertiary/aromatic N) is 1. The van der Waals surface area contributed by atoms with Gasteiger partial charge in [-0.25, -0.2) is 4.39 Å². The molecule has 1 saturated heterocycles. The van der Waals surface area contributed by atoms with Crippen LogP contribution in [0.15, 0.2) is 18.2 Å². The Bertz CT molecular complexity index is 444. The molecule has 2 nitrogen and oxygen atoms in total. The molecule has 1 aromatic carbocycles. The van der Waals surface area contributed by atoms with Crippen molar-refractivity contribution in [3.8, 4) is 0 Å². The number of benzene rings is 1. The molecule has 0 atom stereocenters. The van der Waals surface area contributed by atoms with Crippen LogP contribution < -0.4 is 4.90 Å². The van der Waals surface area contributed by atoms with Crippen LogP contribution >= 0.6 is 0 Å². The van der Waals surface area contributed by atoms with E-state index in [1.54, 1.807) is 0 Å². The normalized spacial score (nSPS) is 22.1. The van der Waals surface area contributed by atoms with Crippen molar-refractivity contribution >= 4 is 5.69 Å². The number of piperidine rings is 1. The van der Waals surface area contributed by atoms with Gasteiger partial charge in [0.1, 0.15) is 5.82 Å². The van der Waals surface area contributed by atoms with E-state index in [4.69, 9.17) is 5.11 Å². The molecule has 1 aliphatic carbocycles. The fraction of sp³-hybridized carbons (Fsp3) is 0.625. The predicted molar refractivity (Wildman–Crippen MR) is 74.7 cm³/mol. The van der Waals surface area contributed by atoms with Gasteiger partial charge in [0, 0.05) is 13.1 Å². The molecule has 2 fully saturated rings. The van der Waals surface area contributed by atoms with Crippen LogP contribution in [0, 0.1) is 11.2 Å². The van der Waals surface area contributed by atoms with Crippen molar-refractivity contribution in [2.24, 2.45) is 5.41 Å². The third-order valence-corrected chi connectivity index (χ3v) is 5.02. The summed E-state index contributed by atoms with van der Waals surface area (Å²) in [6.45, 7) is 1.84. The Morgan fingerprint density at radius 1 is 1.11 bits per heavy atom. The van der Waals surface area contributed by atoms with E-state index in [9.17, 15) is 4.39 Å². The lowest BCUT2D eigenvalue weighted by atomic mass is 9.77. The summed E-state index contributed by atoms with van der Waals surface area (Å²) in [6, 6.07) is 5.08. The van der Waals surface area contributed by atoms with Gasteiger partial charge in [0.25, 0.3) is 0 Å². The van der Waals surface area contributed by atoms with Gasteiger partial charge >= 0.3 is 0 Å². The van der Waals surface area contributed by atoms with Crippen molar-refractivity contribution in [3.05, 3.63) is 29.6 Å². The number of aliphatic hydroxyl groups excluding tert-OH is 1. The second kappa shape index (κ2) is 5.12. The van der Waals surface area contributed by atoms with Gasteiger partial charge in [-0.3, -0.25) is 0 Å². The lowest BCUT2D eigenvalue weighted by Gasteiger charge is -2.40. The van der Waals surface area contributed by atoms with E-state index in [1.807, 2.05) is 12.1 Å². The molecule has 0 radical (unpaired) electrons. The van der Waals surface area contributed by atoms with Gasteiger partial charge in [-0.2, -0.15) is 0 Å². The highest BCUT2D eigenvalue weighted by Crippen LogP contribution is 2.46. The first kappa shape index (κ1) is 12.9. The molecule has 1 spiro atoms. The Hall–Kier alpha value is -1.09. The van der Waals surface area contributed by atoms with Gasteiger partial charge in [-0.15, -0.1) is 0 Å². The van der Waals surface area contributed by atoms with Crippen molar-refractivity contribution in [2.45, 2.75) is 45.1 Å². The van der Waals surface area contributed by atoms with E-state index in [-0.39, 0.29) is 12.4 Å². The van der Waals surface area contributed by atoms with Crippen LogP contribution in [0.25, 0.3) is 0 Å². The Labute approximate surface area is 114 Å². The second-order valence-corrected chi connectivity index (χ2v) is 6.14. The van der Waals surface area contributed by atoms with E-state index in [2.05, 4.69) is 4.90 Å². The topological polar surface area (TPSA) is 23.5 Å². The minimum absolute atomic E-state index is 0.0969. The molecule has 0 unspecified atom stereocenters. The summed E-state index contributed by atoms with van der Waals surface area (Å²) in [5.41, 5.74) is 1.91. The standard InChI is InChI=1S/C16H22FNO/c17-14-11-13(12-19)3-4-15(14)18-9-7-16(8-10-18)5-1-2-6-16/h3-4,11,19H,1-2,5-10,12H2. The number of hydrogen-bond donors (Lipinski definition) is 1. The molecule has 1 saturated carbocycles. The predicted octanol–water partition coefficient (Wildman–Crippen LogP) is 3.48. The number of halogens is 1. The van der Waals surface area contributed by atoms with Gasteiger partial charge in [0.15, 0.2) is 0 Å². The quantitative estimate of drug-likeness (QED) is 0.883. The van der Waals surface area contributed by atoms with Crippen LogP contribution in [0.2, 0.25) is 0 Å². The molecule has 0 amide bonds. The summed E-state index contributed by atoms with van der Waals surface area (Å²) >= 11 is 0. The third-order valence-electron chi connectivity index (χ3n) is 5.02. The lowest BCUT2D eigenvalue weighted by Crippen LogP contribution is -2.39. The molecule has 0 aromatic heterocycles. The van der Waals surface area contributed by atoms with Gasteiger partial charge in [0.05, 0.1) is 12.3 Å². The smallest absolute Gasteiger partial charge is 0.146 e. The maximum absolute atomic E-state index is 14.0. The van der Waals surface area contributed by atoms with Gasteiger partial charge in [-0.1, -0.05) is 18.9 Å². The molecule has 2 aliphatic rings. The lowest BCUT2D eigenvalue weighted by molar-refractivity contribution is 0.226. The van der Waals surface area contributed by atoms with Crippen LogP contribution in [-0.2, 0) is 6.61 Å². The summed E-state index contributed by atoms with van der Waals surface area (Å²) in [7, 11) is 0. The van der Waals surface area contributed by atoms with Crippen LogP contribution in [0.1, 0.15) is 44.1 Å². The average molecular weight is 263 g/mol. The van der Waals surface area contributed by atoms with Crippen molar-refractivity contribution in [1.29, 1.82) is 0 Å². The summed E-state index contributed by atoms with van der Waals surface area (Å²) in [5, 5.41) is 9.02. The zero-order valence-electron chi connectivity index (χ0n) is 11.4. The zero-order chi connectivity index (χ0) is 13.3. The Morgan fingerprint density at radius 3 is 2.37 bits per heavy atom. The van der Waals surface area contributed by atoms with Gasteiger partial charge < -0.3 is 10.0 Å². The molecule has 104 valence electrons. The number of rotatable bonds is 2. The zero-order valence-corrected chi connectivity index (χ0v) is 11.4. The summed E-state index contributed by atoms with van der Waals surface area (Å²) in [4.78, 5) is 2.17. The Balaban J connectivity index is 1.71. The maximum Gasteiger partial charge on any atom is 0.146 e. The highest BCUT2D eigenvalue weighted by molar-refractivity contribution is 5.49. The Kier molecular flexibility index (Phi) is 3.48. The first-order valence-corrected chi connectivity index (χ1v) is 7.37. The minimum atomic E-state index is -0.200. The molecule has 3 rings (SSSR count). The van der Waals surface area contributed by atoms with Crippen molar-refractivity contribution < 1.29 is 9.50 Å². The van der Waals surface area contributed by atoms with Crippen LogP contribution in [0.5, 0.6) is 0 Å². The summed E-state index contributed by atoms with van der Waals surface area (Å²) in [6.07, 6.45) is 7.89. The van der Waals surface area contributed by atoms with Crippen LogP contribution in [0.4, 0.5) is 10.1 Å². The van der Waals surface area contributed by atoms with E-state index < -0.39 is 0 Å². The Morgan fingerprint density at radius 2 is 1.79 bits per heavy atom. The van der Waals surface area contributed by atoms with Crippen LogP contribution in [-0.4, -0.2) is 18.2 Å². The van der Waals surface area contributed by atoms with Crippen molar-refractivity contribution in [2.75, 3.05) is 18.0 Å². The van der Waals surface area contributed by atoms with E-state index >= 15 is 0 Å². The molecular formula is C16H22FNO. The fourth-order valence-corrected chi connectivity index (χ4v) is 3.75. The highest BCUT2D eigenvalue weighted by Gasteiger charge is 2.37. The number of anilines is 1. The molecule has 0 bridgehead atoms. The molecule has 1 N–H and O–H groups in total. The monoisotopic (exact) mass is 263 g/mol. The molecule has 19 heavy (non-hydrogen) atoms. The average Bonchev–Trinajstić information content (AvgIpc) is 2.88. The first-order chi connectivity index (χ1) is 9.22. The van der Waals surface area contributed by atoms with Gasteiger partial charge in [0.2, 0.25) is 0 Å². The van der Waals surface area contributed by atoms with E-state index in [0.29, 0.717) is 16.7 Å². The summed E-state index contributed by atoms with van der Waals surface area (Å²) < 4.78 is 14.0. The third kappa shape index (κ3) is 2.48. The maximum atomic E-state index is 14.0. The molecular weight excluding hydrogens is 241 g/mol. The van der Waals surface area contributed by atoms with Crippen LogP contribution in [0.3, 0.4) is 0 Å². The number of aliphatic hydroxyl groups is 1. The first-order valence-electron chi connectivity index (χ1n) is 7.37. The summed E-state index contributed by atoms with van der Waals surface area (Å²) in [5.74, 6) is -0.200. The second-order valence-electron chi connectivity index (χ2n) is 6.14. The van der Waals surface area contributed by atoms with E-state index in [1.165, 1.54) is 44.6 Å². The van der Waals surface area contributed by atoms with Crippen molar-refractivity contribution in [3.63, 3.8) is 0 Å².